The van der Waals surface area contributed by atoms with Crippen LogP contribution in [0, 0.1) is 5.92 Å². The highest BCUT2D eigenvalue weighted by Gasteiger charge is 2.23. The highest BCUT2D eigenvalue weighted by Crippen LogP contribution is 2.32. The summed E-state index contributed by atoms with van der Waals surface area (Å²) in [6, 6.07) is 6.00. The van der Waals surface area contributed by atoms with Gasteiger partial charge < -0.3 is 10.1 Å². The molecule has 1 aromatic carbocycles. The molecule has 0 bridgehead atoms. The maximum atomic E-state index is 6.36. The minimum Gasteiger partial charge on any atom is -0.490 e. The molecule has 0 spiro atoms. The Morgan fingerprint density at radius 3 is 2.90 bits per heavy atom. The van der Waals surface area contributed by atoms with Gasteiger partial charge >= 0.3 is 0 Å². The van der Waals surface area contributed by atoms with Crippen LogP contribution >= 0.6 is 11.6 Å². The van der Waals surface area contributed by atoms with Gasteiger partial charge in [0.15, 0.2) is 0 Å². The van der Waals surface area contributed by atoms with Gasteiger partial charge in [-0.3, -0.25) is 0 Å². The molecule has 2 atom stereocenters. The van der Waals surface area contributed by atoms with Crippen LogP contribution in [0.4, 0.5) is 0 Å². The Morgan fingerprint density at radius 1 is 1.29 bits per heavy atom. The van der Waals surface area contributed by atoms with Crippen LogP contribution in [0.5, 0.6) is 5.75 Å². The van der Waals surface area contributed by atoms with E-state index in [1.54, 1.807) is 0 Å². The van der Waals surface area contributed by atoms with Gasteiger partial charge in [-0.05, 0) is 50.3 Å². The summed E-state index contributed by atoms with van der Waals surface area (Å²) in [6.07, 6.45) is 7.74. The third-order valence-corrected chi connectivity index (χ3v) is 4.76. The van der Waals surface area contributed by atoms with Crippen molar-refractivity contribution in [1.82, 2.24) is 5.32 Å². The number of nitrogens with one attached hydrogen (secondary N) is 1. The third-order valence-electron chi connectivity index (χ3n) is 4.41. The molecule has 3 heteroatoms. The first kappa shape index (κ1) is 16.6. The lowest BCUT2D eigenvalue weighted by Gasteiger charge is -2.29. The van der Waals surface area contributed by atoms with Crippen molar-refractivity contribution in [1.29, 1.82) is 0 Å². The molecule has 1 saturated carbocycles. The molecule has 0 saturated heterocycles. The standard InChI is InChI=1S/C18H28ClNO/c1-3-11-20-13-16-17(19)9-6-10-18(16)21-15-8-5-7-14(4-2)12-15/h6,9-10,14-15,20H,3-5,7-8,11-13H2,1-2H3. The van der Waals surface area contributed by atoms with E-state index in [-0.39, 0.29) is 0 Å². The van der Waals surface area contributed by atoms with E-state index in [9.17, 15) is 0 Å². The first-order chi connectivity index (χ1) is 10.2. The van der Waals surface area contributed by atoms with Crippen LogP contribution in [-0.4, -0.2) is 12.6 Å². The number of hydrogen-bond acceptors (Lipinski definition) is 2. The Kier molecular flexibility index (Phi) is 6.85. The van der Waals surface area contributed by atoms with Gasteiger partial charge in [-0.25, -0.2) is 0 Å². The van der Waals surface area contributed by atoms with E-state index in [1.165, 1.54) is 32.1 Å². The number of rotatable bonds is 7. The molecule has 1 aromatic rings. The van der Waals surface area contributed by atoms with Crippen molar-refractivity contribution in [3.05, 3.63) is 28.8 Å². The molecule has 1 aliphatic rings. The molecule has 2 nitrogen and oxygen atoms in total. The zero-order valence-electron chi connectivity index (χ0n) is 13.3. The van der Waals surface area contributed by atoms with Crippen LogP contribution in [0.1, 0.15) is 57.9 Å². The summed E-state index contributed by atoms with van der Waals surface area (Å²) >= 11 is 6.36. The minimum absolute atomic E-state index is 0.354. The van der Waals surface area contributed by atoms with E-state index in [0.29, 0.717) is 6.10 Å². The molecule has 118 valence electrons. The summed E-state index contributed by atoms with van der Waals surface area (Å²) in [5.41, 5.74) is 1.10. The Hall–Kier alpha value is -0.730. The van der Waals surface area contributed by atoms with Crippen LogP contribution < -0.4 is 10.1 Å². The van der Waals surface area contributed by atoms with E-state index >= 15 is 0 Å². The van der Waals surface area contributed by atoms with Crippen molar-refractivity contribution in [3.8, 4) is 5.75 Å². The number of ether oxygens (including phenoxy) is 1. The molecule has 21 heavy (non-hydrogen) atoms. The van der Waals surface area contributed by atoms with Crippen LogP contribution in [-0.2, 0) is 6.54 Å². The largest absolute Gasteiger partial charge is 0.490 e. The van der Waals surface area contributed by atoms with Gasteiger partial charge in [-0.2, -0.15) is 0 Å². The molecule has 1 fully saturated rings. The summed E-state index contributed by atoms with van der Waals surface area (Å²) < 4.78 is 6.31. The minimum atomic E-state index is 0.354. The fourth-order valence-corrected chi connectivity index (χ4v) is 3.34. The van der Waals surface area contributed by atoms with Gasteiger partial charge in [0.25, 0.3) is 0 Å². The predicted molar refractivity (Wildman–Crippen MR) is 90.1 cm³/mol. The lowest BCUT2D eigenvalue weighted by atomic mass is 9.85. The van der Waals surface area contributed by atoms with E-state index in [4.69, 9.17) is 16.3 Å². The highest BCUT2D eigenvalue weighted by molar-refractivity contribution is 6.31. The Balaban J connectivity index is 2.02. The van der Waals surface area contributed by atoms with E-state index in [2.05, 4.69) is 25.2 Å². The average molecular weight is 310 g/mol. The number of halogens is 1. The highest BCUT2D eigenvalue weighted by atomic mass is 35.5. The molecule has 0 amide bonds. The number of benzene rings is 1. The summed E-state index contributed by atoms with van der Waals surface area (Å²) in [4.78, 5) is 0. The quantitative estimate of drug-likeness (QED) is 0.700. The normalized spacial score (nSPS) is 22.2. The van der Waals surface area contributed by atoms with Crippen LogP contribution in [0.3, 0.4) is 0 Å². The Bertz CT molecular complexity index is 435. The summed E-state index contributed by atoms with van der Waals surface area (Å²) in [5.74, 6) is 1.79. The second-order valence-corrected chi connectivity index (χ2v) is 6.48. The SMILES string of the molecule is CCCNCc1c(Cl)cccc1OC1CCCC(CC)C1. The van der Waals surface area contributed by atoms with E-state index < -0.39 is 0 Å². The van der Waals surface area contributed by atoms with Gasteiger partial charge in [-0.1, -0.05) is 44.4 Å². The maximum absolute atomic E-state index is 6.36. The average Bonchev–Trinajstić information content (AvgIpc) is 2.50. The number of hydrogen-bond donors (Lipinski definition) is 1. The Morgan fingerprint density at radius 2 is 2.14 bits per heavy atom. The van der Waals surface area contributed by atoms with E-state index in [1.807, 2.05) is 12.1 Å². The van der Waals surface area contributed by atoms with Crippen LogP contribution in [0.25, 0.3) is 0 Å². The zero-order chi connectivity index (χ0) is 15.1. The van der Waals surface area contributed by atoms with Crippen molar-refractivity contribution in [2.24, 2.45) is 5.92 Å². The van der Waals surface area contributed by atoms with E-state index in [0.717, 1.165) is 41.8 Å². The third kappa shape index (κ3) is 4.89. The second-order valence-electron chi connectivity index (χ2n) is 6.07. The molecular formula is C18H28ClNO. The van der Waals surface area contributed by atoms with Crippen LogP contribution in [0.2, 0.25) is 5.02 Å². The molecule has 0 aliphatic heterocycles. The van der Waals surface area contributed by atoms with Crippen LogP contribution in [0.15, 0.2) is 18.2 Å². The zero-order valence-corrected chi connectivity index (χ0v) is 14.1. The molecule has 1 N–H and O–H groups in total. The topological polar surface area (TPSA) is 21.3 Å². The van der Waals surface area contributed by atoms with Crippen molar-refractivity contribution in [3.63, 3.8) is 0 Å². The van der Waals surface area contributed by atoms with Gasteiger partial charge in [-0.15, -0.1) is 0 Å². The van der Waals surface area contributed by atoms with Crippen molar-refractivity contribution < 1.29 is 4.74 Å². The monoisotopic (exact) mass is 309 g/mol. The van der Waals surface area contributed by atoms with Crippen molar-refractivity contribution in [2.75, 3.05) is 6.54 Å². The predicted octanol–water partition coefficient (Wildman–Crippen LogP) is 5.19. The molecule has 1 aliphatic carbocycles. The first-order valence-corrected chi connectivity index (χ1v) is 8.77. The summed E-state index contributed by atoms with van der Waals surface area (Å²) in [5, 5.41) is 4.23. The lowest BCUT2D eigenvalue weighted by Crippen LogP contribution is -2.26. The lowest BCUT2D eigenvalue weighted by molar-refractivity contribution is 0.121. The smallest absolute Gasteiger partial charge is 0.125 e. The fraction of sp³-hybridized carbons (Fsp3) is 0.667. The van der Waals surface area contributed by atoms with Gasteiger partial charge in [0.05, 0.1) is 6.10 Å². The molecule has 0 aromatic heterocycles. The second kappa shape index (κ2) is 8.65. The molecular weight excluding hydrogens is 282 g/mol. The first-order valence-electron chi connectivity index (χ1n) is 8.39. The molecule has 0 heterocycles. The van der Waals surface area contributed by atoms with Crippen molar-refractivity contribution in [2.45, 2.75) is 65.0 Å². The summed E-state index contributed by atoms with van der Waals surface area (Å²) in [7, 11) is 0. The molecule has 0 radical (unpaired) electrons. The molecule has 2 rings (SSSR count). The fourth-order valence-electron chi connectivity index (χ4n) is 3.11. The molecule has 2 unspecified atom stereocenters. The van der Waals surface area contributed by atoms with Gasteiger partial charge in [0.2, 0.25) is 0 Å². The Labute approximate surface area is 134 Å². The maximum Gasteiger partial charge on any atom is 0.125 e. The van der Waals surface area contributed by atoms with Crippen molar-refractivity contribution >= 4 is 11.6 Å². The van der Waals surface area contributed by atoms with Gasteiger partial charge in [0, 0.05) is 17.1 Å². The van der Waals surface area contributed by atoms with Gasteiger partial charge in [0.1, 0.15) is 5.75 Å². The summed E-state index contributed by atoms with van der Waals surface area (Å²) in [6.45, 7) is 6.25.